The van der Waals surface area contributed by atoms with E-state index in [9.17, 15) is 0 Å². The first kappa shape index (κ1) is 7.38. The van der Waals surface area contributed by atoms with E-state index in [1.807, 2.05) is 36.4 Å². The topological polar surface area (TPSA) is 39.2 Å². The van der Waals surface area contributed by atoms with Gasteiger partial charge in [-0.05, 0) is 24.3 Å². The number of rotatable bonds is 1. The highest BCUT2D eigenvalue weighted by molar-refractivity contribution is 5.89. The van der Waals surface area contributed by atoms with Crippen LogP contribution in [0.3, 0.4) is 0 Å². The Morgan fingerprint density at radius 1 is 1.00 bits per heavy atom. The fourth-order valence-corrected chi connectivity index (χ4v) is 1.48. The van der Waals surface area contributed by atoms with Crippen molar-refractivity contribution >= 4 is 11.0 Å². The minimum atomic E-state index is 0.731. The van der Waals surface area contributed by atoms with Crippen molar-refractivity contribution < 1.29 is 8.94 Å². The quantitative estimate of drug-likeness (QED) is 0.584. The summed E-state index contributed by atoms with van der Waals surface area (Å²) < 4.78 is 10.4. The second-order valence-electron chi connectivity index (χ2n) is 3.00. The van der Waals surface area contributed by atoms with Crippen molar-refractivity contribution in [2.75, 3.05) is 0 Å². The number of aromatic nitrogens is 1. The molecule has 0 atom stereocenters. The molecule has 0 bridgehead atoms. The average molecular weight is 185 g/mol. The molecule has 0 aliphatic heterocycles. The summed E-state index contributed by atoms with van der Waals surface area (Å²) in [5.74, 6) is 0.731. The normalized spacial score (nSPS) is 10.9. The van der Waals surface area contributed by atoms with Crippen LogP contribution in [0.1, 0.15) is 0 Å². The summed E-state index contributed by atoms with van der Waals surface area (Å²) in [5.41, 5.74) is 1.53. The van der Waals surface area contributed by atoms with Crippen molar-refractivity contribution in [1.82, 2.24) is 5.16 Å². The molecule has 3 aromatic rings. The van der Waals surface area contributed by atoms with Gasteiger partial charge in [0.05, 0.1) is 11.6 Å². The molecule has 0 amide bonds. The molecule has 68 valence electrons. The average Bonchev–Trinajstić information content (AvgIpc) is 2.85. The van der Waals surface area contributed by atoms with Gasteiger partial charge < -0.3 is 8.94 Å². The molecule has 0 saturated heterocycles. The zero-order valence-corrected chi connectivity index (χ0v) is 7.31. The van der Waals surface area contributed by atoms with Crippen LogP contribution in [0.15, 0.2) is 51.6 Å². The van der Waals surface area contributed by atoms with Crippen molar-refractivity contribution in [2.45, 2.75) is 0 Å². The molecule has 1 aromatic carbocycles. The van der Waals surface area contributed by atoms with E-state index in [-0.39, 0.29) is 0 Å². The Morgan fingerprint density at radius 3 is 2.79 bits per heavy atom. The highest BCUT2D eigenvalue weighted by Crippen LogP contribution is 2.27. The molecular formula is C11H7NO2. The zero-order valence-electron chi connectivity index (χ0n) is 7.31. The van der Waals surface area contributed by atoms with Crippen LogP contribution in [-0.4, -0.2) is 5.16 Å². The van der Waals surface area contributed by atoms with Gasteiger partial charge in [0.15, 0.2) is 17.0 Å². The van der Waals surface area contributed by atoms with Crippen molar-refractivity contribution in [1.29, 1.82) is 0 Å². The molecule has 0 fully saturated rings. The van der Waals surface area contributed by atoms with E-state index >= 15 is 0 Å². The molecule has 14 heavy (non-hydrogen) atoms. The number of para-hydroxylation sites is 1. The van der Waals surface area contributed by atoms with Crippen molar-refractivity contribution in [3.63, 3.8) is 0 Å². The van der Waals surface area contributed by atoms with Gasteiger partial charge >= 0.3 is 0 Å². The van der Waals surface area contributed by atoms with Gasteiger partial charge in [0.25, 0.3) is 0 Å². The van der Waals surface area contributed by atoms with Crippen LogP contribution in [0.25, 0.3) is 22.4 Å². The number of nitrogens with zero attached hydrogens (tertiary/aromatic N) is 1. The van der Waals surface area contributed by atoms with E-state index in [0.29, 0.717) is 0 Å². The Kier molecular flexibility index (Phi) is 1.44. The second-order valence-corrected chi connectivity index (χ2v) is 3.00. The lowest BCUT2D eigenvalue weighted by Gasteiger charge is -1.88. The van der Waals surface area contributed by atoms with Crippen LogP contribution in [0.5, 0.6) is 0 Å². The van der Waals surface area contributed by atoms with E-state index in [1.165, 1.54) is 0 Å². The van der Waals surface area contributed by atoms with Crippen LogP contribution in [0, 0.1) is 0 Å². The third-order valence-electron chi connectivity index (χ3n) is 2.13. The predicted molar refractivity (Wildman–Crippen MR) is 51.7 cm³/mol. The number of benzene rings is 1. The van der Waals surface area contributed by atoms with Crippen LogP contribution in [0.4, 0.5) is 0 Å². The summed E-state index contributed by atoms with van der Waals surface area (Å²) in [5, 5.41) is 4.94. The molecule has 0 N–H and O–H groups in total. The van der Waals surface area contributed by atoms with Crippen molar-refractivity contribution in [3.05, 3.63) is 42.7 Å². The molecule has 3 heteroatoms. The zero-order chi connectivity index (χ0) is 9.38. The number of hydrogen-bond acceptors (Lipinski definition) is 3. The SMILES string of the molecule is c1coc(-c2noc3ccccc23)c1. The van der Waals surface area contributed by atoms with Gasteiger partial charge in [-0.15, -0.1) is 0 Å². The molecular weight excluding hydrogens is 178 g/mol. The van der Waals surface area contributed by atoms with Crippen molar-refractivity contribution in [2.24, 2.45) is 0 Å². The highest BCUT2D eigenvalue weighted by Gasteiger charge is 2.10. The Hall–Kier alpha value is -2.03. The van der Waals surface area contributed by atoms with E-state index in [2.05, 4.69) is 5.16 Å². The molecule has 0 saturated carbocycles. The predicted octanol–water partition coefficient (Wildman–Crippen LogP) is 3.09. The van der Waals surface area contributed by atoms with Gasteiger partial charge in [-0.25, -0.2) is 0 Å². The Balaban J connectivity index is 2.33. The lowest BCUT2D eigenvalue weighted by Crippen LogP contribution is -1.72. The van der Waals surface area contributed by atoms with Gasteiger partial charge in [0.1, 0.15) is 0 Å². The summed E-state index contributed by atoms with van der Waals surface area (Å²) >= 11 is 0. The van der Waals surface area contributed by atoms with Crippen molar-refractivity contribution in [3.8, 4) is 11.5 Å². The second kappa shape index (κ2) is 2.73. The van der Waals surface area contributed by atoms with Gasteiger partial charge in [-0.3, -0.25) is 0 Å². The summed E-state index contributed by atoms with van der Waals surface area (Å²) in [7, 11) is 0. The number of fused-ring (bicyclic) bond motifs is 1. The summed E-state index contributed by atoms with van der Waals surface area (Å²) in [6.07, 6.45) is 1.62. The Bertz CT molecular complexity index is 551. The van der Waals surface area contributed by atoms with Gasteiger partial charge in [0, 0.05) is 0 Å². The first-order valence-corrected chi connectivity index (χ1v) is 4.33. The molecule has 2 heterocycles. The van der Waals surface area contributed by atoms with Crippen LogP contribution in [-0.2, 0) is 0 Å². The molecule has 0 radical (unpaired) electrons. The maximum absolute atomic E-state index is 5.26. The molecule has 0 aliphatic rings. The van der Waals surface area contributed by atoms with Crippen LogP contribution in [0.2, 0.25) is 0 Å². The Labute approximate surface area is 79.9 Å². The minimum Gasteiger partial charge on any atom is -0.463 e. The van der Waals surface area contributed by atoms with Gasteiger partial charge in [0.2, 0.25) is 0 Å². The molecule has 3 nitrogen and oxygen atoms in total. The smallest absolute Gasteiger partial charge is 0.167 e. The molecule has 0 unspecified atom stereocenters. The molecule has 0 aliphatic carbocycles. The summed E-state index contributed by atoms with van der Waals surface area (Å²) in [6.45, 7) is 0. The third kappa shape index (κ3) is 0.956. The van der Waals surface area contributed by atoms with E-state index < -0.39 is 0 Å². The van der Waals surface area contributed by atoms with E-state index in [4.69, 9.17) is 8.94 Å². The Morgan fingerprint density at radius 2 is 1.93 bits per heavy atom. The van der Waals surface area contributed by atoms with E-state index in [1.54, 1.807) is 6.26 Å². The molecule has 0 spiro atoms. The molecule has 3 rings (SSSR count). The standard InChI is InChI=1S/C11H7NO2/c1-2-5-9-8(4-1)11(12-14-9)10-6-3-7-13-10/h1-7H. The monoisotopic (exact) mass is 185 g/mol. The van der Waals surface area contributed by atoms with Gasteiger partial charge in [-0.1, -0.05) is 17.3 Å². The third-order valence-corrected chi connectivity index (χ3v) is 2.13. The largest absolute Gasteiger partial charge is 0.463 e. The minimum absolute atomic E-state index is 0.731. The fraction of sp³-hybridized carbons (Fsp3) is 0. The maximum atomic E-state index is 5.26. The summed E-state index contributed by atoms with van der Waals surface area (Å²) in [4.78, 5) is 0. The first-order valence-electron chi connectivity index (χ1n) is 4.33. The fourth-order valence-electron chi connectivity index (χ4n) is 1.48. The number of furan rings is 1. The first-order chi connectivity index (χ1) is 6.95. The van der Waals surface area contributed by atoms with Crippen LogP contribution >= 0.6 is 0 Å². The maximum Gasteiger partial charge on any atom is 0.167 e. The lowest BCUT2D eigenvalue weighted by atomic mass is 10.2. The summed E-state index contributed by atoms with van der Waals surface area (Å²) in [6, 6.07) is 11.4. The number of hydrogen-bond donors (Lipinski definition) is 0. The van der Waals surface area contributed by atoms with Crippen LogP contribution < -0.4 is 0 Å². The van der Waals surface area contributed by atoms with E-state index in [0.717, 1.165) is 22.4 Å². The lowest BCUT2D eigenvalue weighted by molar-refractivity contribution is 0.455. The molecule has 2 aromatic heterocycles. The highest BCUT2D eigenvalue weighted by atomic mass is 16.5. The van der Waals surface area contributed by atoms with Gasteiger partial charge in [-0.2, -0.15) is 0 Å².